The SMILES string of the molecule is CCOc1ccc(C(=O)OCCCC(C)C)cc1N. The van der Waals surface area contributed by atoms with Gasteiger partial charge in [0.1, 0.15) is 5.75 Å². The van der Waals surface area contributed by atoms with E-state index >= 15 is 0 Å². The number of ether oxygens (including phenoxy) is 2. The quantitative estimate of drug-likeness (QED) is 0.467. The summed E-state index contributed by atoms with van der Waals surface area (Å²) in [7, 11) is 0. The molecule has 0 saturated carbocycles. The predicted octanol–water partition coefficient (Wildman–Crippen LogP) is 3.26. The maximum atomic E-state index is 11.8. The zero-order chi connectivity index (χ0) is 14.3. The molecule has 0 aliphatic heterocycles. The van der Waals surface area contributed by atoms with E-state index in [0.717, 1.165) is 12.8 Å². The molecule has 1 aromatic rings. The van der Waals surface area contributed by atoms with Crippen molar-refractivity contribution in [2.24, 2.45) is 5.92 Å². The fraction of sp³-hybridized carbons (Fsp3) is 0.533. The lowest BCUT2D eigenvalue weighted by Crippen LogP contribution is -2.08. The van der Waals surface area contributed by atoms with Crippen LogP contribution in [0.2, 0.25) is 0 Å². The van der Waals surface area contributed by atoms with Gasteiger partial charge in [0, 0.05) is 0 Å². The van der Waals surface area contributed by atoms with Crippen molar-refractivity contribution >= 4 is 11.7 Å². The van der Waals surface area contributed by atoms with Crippen molar-refractivity contribution in [1.29, 1.82) is 0 Å². The highest BCUT2D eigenvalue weighted by molar-refractivity contribution is 5.91. The summed E-state index contributed by atoms with van der Waals surface area (Å²) in [4.78, 5) is 11.8. The molecule has 0 heterocycles. The van der Waals surface area contributed by atoms with Crippen LogP contribution in [0.1, 0.15) is 44.0 Å². The molecule has 0 spiro atoms. The maximum Gasteiger partial charge on any atom is 0.338 e. The number of nitrogen functional groups attached to an aromatic ring is 1. The molecule has 1 rings (SSSR count). The summed E-state index contributed by atoms with van der Waals surface area (Å²) in [5.74, 6) is 0.886. The van der Waals surface area contributed by atoms with Crippen LogP contribution in [0, 0.1) is 5.92 Å². The van der Waals surface area contributed by atoms with E-state index in [0.29, 0.717) is 36.1 Å². The summed E-state index contributed by atoms with van der Waals surface area (Å²) in [5.41, 5.74) is 6.73. The third kappa shape index (κ3) is 5.20. The van der Waals surface area contributed by atoms with E-state index in [4.69, 9.17) is 15.2 Å². The lowest BCUT2D eigenvalue weighted by molar-refractivity contribution is 0.0495. The largest absolute Gasteiger partial charge is 0.492 e. The molecule has 0 bridgehead atoms. The molecule has 0 aromatic heterocycles. The Morgan fingerprint density at radius 2 is 2.11 bits per heavy atom. The number of carbonyl (C=O) groups excluding carboxylic acids is 1. The second-order valence-corrected chi connectivity index (χ2v) is 4.86. The molecule has 0 radical (unpaired) electrons. The zero-order valence-corrected chi connectivity index (χ0v) is 11.9. The van der Waals surface area contributed by atoms with Gasteiger partial charge in [-0.3, -0.25) is 0 Å². The van der Waals surface area contributed by atoms with Crippen molar-refractivity contribution in [3.05, 3.63) is 23.8 Å². The molecule has 0 fully saturated rings. The summed E-state index contributed by atoms with van der Waals surface area (Å²) in [6.07, 6.45) is 1.94. The third-order valence-electron chi connectivity index (χ3n) is 2.70. The van der Waals surface area contributed by atoms with Crippen molar-refractivity contribution in [2.75, 3.05) is 18.9 Å². The minimum absolute atomic E-state index is 0.335. The number of esters is 1. The number of nitrogens with two attached hydrogens (primary N) is 1. The van der Waals surface area contributed by atoms with Gasteiger partial charge in [-0.15, -0.1) is 0 Å². The molecule has 2 N–H and O–H groups in total. The van der Waals surface area contributed by atoms with Crippen molar-refractivity contribution in [1.82, 2.24) is 0 Å². The Balaban J connectivity index is 2.50. The lowest BCUT2D eigenvalue weighted by Gasteiger charge is -2.09. The fourth-order valence-electron chi connectivity index (χ4n) is 1.70. The number of rotatable bonds is 7. The smallest absolute Gasteiger partial charge is 0.338 e. The van der Waals surface area contributed by atoms with E-state index in [1.165, 1.54) is 0 Å². The highest BCUT2D eigenvalue weighted by atomic mass is 16.5. The number of benzene rings is 1. The molecule has 0 atom stereocenters. The zero-order valence-electron chi connectivity index (χ0n) is 11.9. The molecule has 106 valence electrons. The predicted molar refractivity (Wildman–Crippen MR) is 76.4 cm³/mol. The normalized spacial score (nSPS) is 10.5. The van der Waals surface area contributed by atoms with Crippen molar-refractivity contribution in [3.63, 3.8) is 0 Å². The Labute approximate surface area is 114 Å². The topological polar surface area (TPSA) is 61.5 Å². The van der Waals surface area contributed by atoms with Crippen LogP contribution in [0.4, 0.5) is 5.69 Å². The van der Waals surface area contributed by atoms with Crippen LogP contribution >= 0.6 is 0 Å². The molecular formula is C15H23NO3. The minimum atomic E-state index is -0.335. The molecule has 4 heteroatoms. The first kappa shape index (κ1) is 15.3. The van der Waals surface area contributed by atoms with Gasteiger partial charge in [0.05, 0.1) is 24.5 Å². The van der Waals surface area contributed by atoms with Gasteiger partial charge in [0.25, 0.3) is 0 Å². The van der Waals surface area contributed by atoms with Gasteiger partial charge < -0.3 is 15.2 Å². The molecule has 0 saturated heterocycles. The Hall–Kier alpha value is -1.71. The summed E-state index contributed by atoms with van der Waals surface area (Å²) in [6, 6.07) is 4.96. The van der Waals surface area contributed by atoms with Crippen LogP contribution in [-0.4, -0.2) is 19.2 Å². The number of anilines is 1. The van der Waals surface area contributed by atoms with Crippen LogP contribution in [0.3, 0.4) is 0 Å². The van der Waals surface area contributed by atoms with E-state index in [1.807, 2.05) is 6.92 Å². The summed E-state index contributed by atoms with van der Waals surface area (Å²) in [5, 5.41) is 0. The highest BCUT2D eigenvalue weighted by Gasteiger charge is 2.10. The Kier molecular flexibility index (Phi) is 6.19. The van der Waals surface area contributed by atoms with Gasteiger partial charge >= 0.3 is 5.97 Å². The van der Waals surface area contributed by atoms with Gasteiger partial charge in [-0.1, -0.05) is 13.8 Å². The van der Waals surface area contributed by atoms with Gasteiger partial charge in [0.2, 0.25) is 0 Å². The second-order valence-electron chi connectivity index (χ2n) is 4.86. The molecule has 0 unspecified atom stereocenters. The van der Waals surface area contributed by atoms with Crippen LogP contribution in [0.15, 0.2) is 18.2 Å². The number of hydrogen-bond acceptors (Lipinski definition) is 4. The minimum Gasteiger partial charge on any atom is -0.492 e. The first-order valence-corrected chi connectivity index (χ1v) is 6.74. The monoisotopic (exact) mass is 265 g/mol. The Morgan fingerprint density at radius 1 is 1.37 bits per heavy atom. The molecular weight excluding hydrogens is 242 g/mol. The van der Waals surface area contributed by atoms with Crippen LogP contribution < -0.4 is 10.5 Å². The van der Waals surface area contributed by atoms with Gasteiger partial charge in [-0.05, 0) is 43.9 Å². The van der Waals surface area contributed by atoms with Gasteiger partial charge in [0.15, 0.2) is 0 Å². The molecule has 1 aromatic carbocycles. The van der Waals surface area contributed by atoms with E-state index < -0.39 is 0 Å². The van der Waals surface area contributed by atoms with Gasteiger partial charge in [-0.2, -0.15) is 0 Å². The standard InChI is InChI=1S/C15H23NO3/c1-4-18-14-8-7-12(10-13(14)16)15(17)19-9-5-6-11(2)3/h7-8,10-11H,4-6,9,16H2,1-3H3. The van der Waals surface area contributed by atoms with Crippen LogP contribution in [-0.2, 0) is 4.74 Å². The van der Waals surface area contributed by atoms with Crippen LogP contribution in [0.5, 0.6) is 5.75 Å². The van der Waals surface area contributed by atoms with E-state index in [1.54, 1.807) is 18.2 Å². The van der Waals surface area contributed by atoms with Gasteiger partial charge in [-0.25, -0.2) is 4.79 Å². The second kappa shape index (κ2) is 7.67. The number of carbonyl (C=O) groups is 1. The molecule has 4 nitrogen and oxygen atoms in total. The van der Waals surface area contributed by atoms with Crippen molar-refractivity contribution in [2.45, 2.75) is 33.6 Å². The highest BCUT2D eigenvalue weighted by Crippen LogP contribution is 2.22. The first-order valence-electron chi connectivity index (χ1n) is 6.74. The summed E-state index contributed by atoms with van der Waals surface area (Å²) >= 11 is 0. The summed E-state index contributed by atoms with van der Waals surface area (Å²) in [6.45, 7) is 7.17. The average molecular weight is 265 g/mol. The Morgan fingerprint density at radius 3 is 2.68 bits per heavy atom. The summed E-state index contributed by atoms with van der Waals surface area (Å²) < 4.78 is 10.5. The third-order valence-corrected chi connectivity index (χ3v) is 2.70. The fourth-order valence-corrected chi connectivity index (χ4v) is 1.70. The maximum absolute atomic E-state index is 11.8. The van der Waals surface area contributed by atoms with E-state index in [9.17, 15) is 4.79 Å². The van der Waals surface area contributed by atoms with Crippen molar-refractivity contribution in [3.8, 4) is 5.75 Å². The number of hydrogen-bond donors (Lipinski definition) is 1. The lowest BCUT2D eigenvalue weighted by atomic mass is 10.1. The Bertz CT molecular complexity index is 416. The average Bonchev–Trinajstić information content (AvgIpc) is 2.36. The van der Waals surface area contributed by atoms with Crippen molar-refractivity contribution < 1.29 is 14.3 Å². The molecule has 19 heavy (non-hydrogen) atoms. The van der Waals surface area contributed by atoms with E-state index in [-0.39, 0.29) is 5.97 Å². The first-order chi connectivity index (χ1) is 9.04. The molecule has 0 aliphatic rings. The molecule has 0 amide bonds. The van der Waals surface area contributed by atoms with E-state index in [2.05, 4.69) is 13.8 Å². The van der Waals surface area contributed by atoms with Crippen LogP contribution in [0.25, 0.3) is 0 Å². The molecule has 0 aliphatic carbocycles.